The molecular formula is C14H28N2O. The maximum absolute atomic E-state index is 5.68. The van der Waals surface area contributed by atoms with Crippen molar-refractivity contribution >= 4 is 0 Å². The summed E-state index contributed by atoms with van der Waals surface area (Å²) in [5, 5.41) is 3.47. The molecule has 3 nitrogen and oxygen atoms in total. The van der Waals surface area contributed by atoms with Gasteiger partial charge in [0.05, 0.1) is 6.10 Å². The number of likely N-dealkylation sites (tertiary alicyclic amines) is 1. The minimum absolute atomic E-state index is 0.564. The van der Waals surface area contributed by atoms with Gasteiger partial charge in [0, 0.05) is 13.2 Å². The van der Waals surface area contributed by atoms with E-state index in [1.165, 1.54) is 58.3 Å². The molecule has 2 fully saturated rings. The van der Waals surface area contributed by atoms with Gasteiger partial charge in [-0.3, -0.25) is 0 Å². The Balaban J connectivity index is 1.55. The van der Waals surface area contributed by atoms with Crippen molar-refractivity contribution in [3.8, 4) is 0 Å². The summed E-state index contributed by atoms with van der Waals surface area (Å²) in [4.78, 5) is 2.63. The zero-order valence-corrected chi connectivity index (χ0v) is 11.3. The van der Waals surface area contributed by atoms with Gasteiger partial charge >= 0.3 is 0 Å². The predicted octanol–water partition coefficient (Wildman–Crippen LogP) is 1.88. The largest absolute Gasteiger partial charge is 0.378 e. The number of piperidine rings is 1. The molecule has 1 unspecified atom stereocenters. The van der Waals surface area contributed by atoms with Gasteiger partial charge in [-0.2, -0.15) is 0 Å². The monoisotopic (exact) mass is 240 g/mol. The molecule has 17 heavy (non-hydrogen) atoms. The summed E-state index contributed by atoms with van der Waals surface area (Å²) in [5.41, 5.74) is 0. The van der Waals surface area contributed by atoms with Gasteiger partial charge in [0.15, 0.2) is 0 Å². The van der Waals surface area contributed by atoms with Crippen LogP contribution in [0.25, 0.3) is 0 Å². The summed E-state index contributed by atoms with van der Waals surface area (Å²) < 4.78 is 5.68. The Labute approximate surface area is 106 Å². The van der Waals surface area contributed by atoms with E-state index < -0.39 is 0 Å². The first kappa shape index (κ1) is 13.3. The molecule has 0 amide bonds. The number of hydrogen-bond donors (Lipinski definition) is 1. The SMILES string of the molecule is CCNCC1CCN(CCC2CCCO2)CC1. The molecule has 0 spiro atoms. The van der Waals surface area contributed by atoms with Crippen molar-refractivity contribution in [2.45, 2.75) is 45.1 Å². The fourth-order valence-electron chi connectivity index (χ4n) is 2.96. The molecule has 1 atom stereocenters. The minimum Gasteiger partial charge on any atom is -0.378 e. The van der Waals surface area contributed by atoms with Crippen molar-refractivity contribution in [1.82, 2.24) is 10.2 Å². The highest BCUT2D eigenvalue weighted by Gasteiger charge is 2.21. The Bertz CT molecular complexity index is 196. The highest BCUT2D eigenvalue weighted by molar-refractivity contribution is 4.75. The van der Waals surface area contributed by atoms with Crippen LogP contribution in [0.5, 0.6) is 0 Å². The van der Waals surface area contributed by atoms with E-state index in [-0.39, 0.29) is 0 Å². The lowest BCUT2D eigenvalue weighted by molar-refractivity contribution is 0.0850. The predicted molar refractivity (Wildman–Crippen MR) is 71.3 cm³/mol. The van der Waals surface area contributed by atoms with E-state index in [2.05, 4.69) is 17.1 Å². The molecule has 2 heterocycles. The Hall–Kier alpha value is -0.120. The topological polar surface area (TPSA) is 24.5 Å². The third-order valence-electron chi connectivity index (χ3n) is 4.18. The molecule has 2 rings (SSSR count). The van der Waals surface area contributed by atoms with Gasteiger partial charge in [-0.05, 0) is 64.2 Å². The summed E-state index contributed by atoms with van der Waals surface area (Å²) in [5.74, 6) is 0.911. The molecule has 0 bridgehead atoms. The van der Waals surface area contributed by atoms with Crippen LogP contribution in [0.1, 0.15) is 39.0 Å². The van der Waals surface area contributed by atoms with Crippen LogP contribution in [0, 0.1) is 5.92 Å². The Morgan fingerprint density at radius 2 is 2.06 bits per heavy atom. The Morgan fingerprint density at radius 3 is 2.71 bits per heavy atom. The fraction of sp³-hybridized carbons (Fsp3) is 1.00. The zero-order chi connectivity index (χ0) is 11.9. The van der Waals surface area contributed by atoms with Crippen molar-refractivity contribution in [3.05, 3.63) is 0 Å². The Morgan fingerprint density at radius 1 is 1.24 bits per heavy atom. The third-order valence-corrected chi connectivity index (χ3v) is 4.18. The van der Waals surface area contributed by atoms with Gasteiger partial charge in [0.1, 0.15) is 0 Å². The minimum atomic E-state index is 0.564. The number of nitrogens with zero attached hydrogens (tertiary/aromatic N) is 1. The van der Waals surface area contributed by atoms with Crippen LogP contribution in [0.3, 0.4) is 0 Å². The quantitative estimate of drug-likeness (QED) is 0.767. The maximum Gasteiger partial charge on any atom is 0.0588 e. The molecule has 0 aromatic heterocycles. The maximum atomic E-state index is 5.68. The van der Waals surface area contributed by atoms with E-state index in [9.17, 15) is 0 Å². The first-order valence-electron chi connectivity index (χ1n) is 7.43. The highest BCUT2D eigenvalue weighted by Crippen LogP contribution is 2.19. The van der Waals surface area contributed by atoms with Gasteiger partial charge < -0.3 is 15.0 Å². The van der Waals surface area contributed by atoms with E-state index in [4.69, 9.17) is 4.74 Å². The van der Waals surface area contributed by atoms with Crippen molar-refractivity contribution in [3.63, 3.8) is 0 Å². The highest BCUT2D eigenvalue weighted by atomic mass is 16.5. The van der Waals surface area contributed by atoms with Crippen LogP contribution >= 0.6 is 0 Å². The van der Waals surface area contributed by atoms with Crippen LogP contribution in [0.2, 0.25) is 0 Å². The van der Waals surface area contributed by atoms with Crippen molar-refractivity contribution in [2.75, 3.05) is 39.3 Å². The smallest absolute Gasteiger partial charge is 0.0588 e. The first-order valence-corrected chi connectivity index (χ1v) is 7.43. The Kier molecular flexibility index (Phi) is 5.75. The van der Waals surface area contributed by atoms with Crippen LogP contribution in [0.15, 0.2) is 0 Å². The molecule has 1 N–H and O–H groups in total. The fourth-order valence-corrected chi connectivity index (χ4v) is 2.96. The molecule has 0 aromatic carbocycles. The lowest BCUT2D eigenvalue weighted by Crippen LogP contribution is -2.38. The van der Waals surface area contributed by atoms with Gasteiger partial charge in [0.25, 0.3) is 0 Å². The van der Waals surface area contributed by atoms with E-state index in [1.54, 1.807) is 0 Å². The van der Waals surface area contributed by atoms with Crippen LogP contribution < -0.4 is 5.32 Å². The second-order valence-electron chi connectivity index (χ2n) is 5.52. The molecule has 2 aliphatic heterocycles. The standard InChI is InChI=1S/C14H28N2O/c1-2-15-12-13-5-8-16(9-6-13)10-7-14-4-3-11-17-14/h13-15H,2-12H2,1H3. The molecule has 100 valence electrons. The van der Waals surface area contributed by atoms with Crippen LogP contribution in [-0.2, 0) is 4.74 Å². The average Bonchev–Trinajstić information content (AvgIpc) is 2.88. The summed E-state index contributed by atoms with van der Waals surface area (Å²) >= 11 is 0. The molecule has 0 aromatic rings. The van der Waals surface area contributed by atoms with Crippen LogP contribution in [0.4, 0.5) is 0 Å². The first-order chi connectivity index (χ1) is 8.38. The van der Waals surface area contributed by atoms with E-state index in [0.29, 0.717) is 6.10 Å². The van der Waals surface area contributed by atoms with Crippen molar-refractivity contribution in [2.24, 2.45) is 5.92 Å². The number of ether oxygens (including phenoxy) is 1. The lowest BCUT2D eigenvalue weighted by Gasteiger charge is -2.32. The van der Waals surface area contributed by atoms with E-state index >= 15 is 0 Å². The van der Waals surface area contributed by atoms with Gasteiger partial charge in [0.2, 0.25) is 0 Å². The molecular weight excluding hydrogens is 212 g/mol. The number of rotatable bonds is 6. The van der Waals surface area contributed by atoms with E-state index in [1.807, 2.05) is 0 Å². The molecule has 2 saturated heterocycles. The van der Waals surface area contributed by atoms with Crippen LogP contribution in [-0.4, -0.2) is 50.3 Å². The summed E-state index contributed by atoms with van der Waals surface area (Å²) in [7, 11) is 0. The molecule has 0 radical (unpaired) electrons. The summed E-state index contributed by atoms with van der Waals surface area (Å²) in [6.07, 6.45) is 7.12. The van der Waals surface area contributed by atoms with E-state index in [0.717, 1.165) is 19.1 Å². The van der Waals surface area contributed by atoms with Gasteiger partial charge in [-0.1, -0.05) is 6.92 Å². The number of hydrogen-bond acceptors (Lipinski definition) is 3. The average molecular weight is 240 g/mol. The number of nitrogens with one attached hydrogen (secondary N) is 1. The molecule has 2 aliphatic rings. The lowest BCUT2D eigenvalue weighted by atomic mass is 9.96. The van der Waals surface area contributed by atoms with Gasteiger partial charge in [-0.25, -0.2) is 0 Å². The van der Waals surface area contributed by atoms with Gasteiger partial charge in [-0.15, -0.1) is 0 Å². The van der Waals surface area contributed by atoms with Crippen molar-refractivity contribution in [1.29, 1.82) is 0 Å². The summed E-state index contributed by atoms with van der Waals surface area (Å²) in [6, 6.07) is 0. The van der Waals surface area contributed by atoms with Crippen molar-refractivity contribution < 1.29 is 4.74 Å². The molecule has 0 aliphatic carbocycles. The molecule has 0 saturated carbocycles. The summed E-state index contributed by atoms with van der Waals surface area (Å²) in [6.45, 7) is 9.35. The second kappa shape index (κ2) is 7.34. The zero-order valence-electron chi connectivity index (χ0n) is 11.3. The normalized spacial score (nSPS) is 27.7. The molecule has 3 heteroatoms. The second-order valence-corrected chi connectivity index (χ2v) is 5.52. The third kappa shape index (κ3) is 4.57.